The van der Waals surface area contributed by atoms with Gasteiger partial charge in [0.1, 0.15) is 23.0 Å². The van der Waals surface area contributed by atoms with Crippen molar-refractivity contribution in [2.45, 2.75) is 32.6 Å². The van der Waals surface area contributed by atoms with Crippen molar-refractivity contribution in [3.8, 4) is 22.1 Å². The fourth-order valence-corrected chi connectivity index (χ4v) is 11.2. The number of phenols is 1. The molecule has 6 unspecified atom stereocenters. The fourth-order valence-electron chi connectivity index (χ4n) is 9.53. The summed E-state index contributed by atoms with van der Waals surface area (Å²) >= 11 is 10.1. The number of nitrogens with zero attached hydrogens (tertiary/aromatic N) is 4. The van der Waals surface area contributed by atoms with Crippen molar-refractivity contribution in [3.05, 3.63) is 98.1 Å². The molecule has 1 saturated carbocycles. The lowest BCUT2D eigenvalue weighted by Crippen LogP contribution is -2.49. The van der Waals surface area contributed by atoms with Crippen LogP contribution in [-0.2, 0) is 26.2 Å². The predicted octanol–water partition coefficient (Wildman–Crippen LogP) is 8.02. The fraction of sp³-hybridized carbons (Fsp3) is 0.293. The normalized spacial score (nSPS) is 26.3. The number of thiophene rings is 1. The minimum Gasteiger partial charge on any atom is -0.508 e. The minimum absolute atomic E-state index is 0.0550. The SMILES string of the molecule is COc1ccc(O)c(C2C3=CCC4C(=O)N(c5ccc(I)cc5)C(=O)C4C3CC3C(=O)N(c4cc(-c5sc6ccc(Cl)cc6c5C)nn4C)C(=O)C32C)c1. The number of rotatable bonds is 5. The highest BCUT2D eigenvalue weighted by Gasteiger charge is 2.68. The summed E-state index contributed by atoms with van der Waals surface area (Å²) in [5.74, 6) is -4.22. The number of benzene rings is 3. The number of carbonyl (C=O) groups excluding carboxylic acids is 4. The molecule has 4 heterocycles. The summed E-state index contributed by atoms with van der Waals surface area (Å²) in [7, 11) is 3.24. The largest absolute Gasteiger partial charge is 0.508 e. The summed E-state index contributed by atoms with van der Waals surface area (Å²) in [4.78, 5) is 61.8. The number of aryl methyl sites for hydroxylation is 2. The highest BCUT2D eigenvalue weighted by molar-refractivity contribution is 14.1. The Morgan fingerprint density at radius 2 is 1.72 bits per heavy atom. The lowest BCUT2D eigenvalue weighted by atomic mass is 9.51. The van der Waals surface area contributed by atoms with E-state index in [1.807, 2.05) is 43.3 Å². The summed E-state index contributed by atoms with van der Waals surface area (Å²) < 4.78 is 9.15. The number of aromatic nitrogens is 2. The smallest absolute Gasteiger partial charge is 0.242 e. The summed E-state index contributed by atoms with van der Waals surface area (Å²) in [6, 6.07) is 19.6. The number of fused-ring (bicyclic) bond motifs is 5. The molecule has 0 radical (unpaired) electrons. The molecule has 0 bridgehead atoms. The second-order valence-electron chi connectivity index (χ2n) is 14.8. The molecule has 10 nitrogen and oxygen atoms in total. The maximum absolute atomic E-state index is 15.1. The van der Waals surface area contributed by atoms with Gasteiger partial charge in [-0.2, -0.15) is 5.10 Å². The number of ether oxygens (including phenoxy) is 1. The Balaban J connectivity index is 1.16. The first-order valence-corrected chi connectivity index (χ1v) is 19.9. The number of imide groups is 2. The van der Waals surface area contributed by atoms with Crippen LogP contribution in [0.3, 0.4) is 0 Å². The van der Waals surface area contributed by atoms with Crippen molar-refractivity contribution in [1.82, 2.24) is 9.78 Å². The average molecular weight is 873 g/mol. The molecule has 13 heteroatoms. The molecule has 2 aliphatic heterocycles. The Kier molecular flexibility index (Phi) is 8.15. The van der Waals surface area contributed by atoms with Crippen LogP contribution in [0.15, 0.2) is 78.4 Å². The lowest BCUT2D eigenvalue weighted by Gasteiger charge is -2.49. The predicted molar refractivity (Wildman–Crippen MR) is 215 cm³/mol. The van der Waals surface area contributed by atoms with Crippen LogP contribution in [0.1, 0.15) is 36.8 Å². The van der Waals surface area contributed by atoms with Crippen LogP contribution in [0.4, 0.5) is 11.5 Å². The molecule has 1 N–H and O–H groups in total. The Morgan fingerprint density at radius 3 is 2.46 bits per heavy atom. The van der Waals surface area contributed by atoms with Crippen molar-refractivity contribution >= 4 is 90.7 Å². The monoisotopic (exact) mass is 872 g/mol. The molecule has 0 spiro atoms. The number of phenolic OH excluding ortho intramolecular Hbond substituents is 1. The first-order valence-electron chi connectivity index (χ1n) is 17.6. The summed E-state index contributed by atoms with van der Waals surface area (Å²) in [6.07, 6.45) is 2.45. The molecular weight excluding hydrogens is 839 g/mol. The van der Waals surface area contributed by atoms with Crippen molar-refractivity contribution in [1.29, 1.82) is 0 Å². The van der Waals surface area contributed by atoms with Gasteiger partial charge in [-0.1, -0.05) is 23.3 Å². The number of carbonyl (C=O) groups is 4. The second-order valence-corrected chi connectivity index (χ2v) is 17.5. The number of methoxy groups -OCH3 is 1. The molecule has 274 valence electrons. The minimum atomic E-state index is -1.35. The zero-order valence-corrected chi connectivity index (χ0v) is 33.4. The Bertz CT molecular complexity index is 2510. The third-order valence-corrected chi connectivity index (χ3v) is 14.4. The van der Waals surface area contributed by atoms with E-state index in [-0.39, 0.29) is 24.0 Å². The van der Waals surface area contributed by atoms with Gasteiger partial charge in [0.25, 0.3) is 0 Å². The highest BCUT2D eigenvalue weighted by atomic mass is 127. The van der Waals surface area contributed by atoms with Crippen molar-refractivity contribution in [3.63, 3.8) is 0 Å². The molecule has 2 saturated heterocycles. The topological polar surface area (TPSA) is 122 Å². The maximum Gasteiger partial charge on any atom is 0.242 e. The molecule has 2 aromatic heterocycles. The van der Waals surface area contributed by atoms with E-state index >= 15 is 4.79 Å². The number of anilines is 2. The zero-order chi connectivity index (χ0) is 38.0. The van der Waals surface area contributed by atoms with Crippen molar-refractivity contribution < 1.29 is 29.0 Å². The van der Waals surface area contributed by atoms with E-state index in [0.29, 0.717) is 40.0 Å². The van der Waals surface area contributed by atoms with Crippen LogP contribution in [0.5, 0.6) is 11.5 Å². The third kappa shape index (κ3) is 4.91. The van der Waals surface area contributed by atoms with E-state index < -0.39 is 46.8 Å². The summed E-state index contributed by atoms with van der Waals surface area (Å²) in [5, 5.41) is 17.9. The van der Waals surface area contributed by atoms with Gasteiger partial charge in [-0.3, -0.25) is 28.8 Å². The Hall–Kier alpha value is -4.53. The number of aromatic hydroxyl groups is 1. The van der Waals surface area contributed by atoms with Crippen LogP contribution in [-0.4, -0.2) is 45.6 Å². The van der Waals surface area contributed by atoms with Crippen molar-refractivity contribution in [2.75, 3.05) is 16.9 Å². The molecule has 54 heavy (non-hydrogen) atoms. The first kappa shape index (κ1) is 35.2. The van der Waals surface area contributed by atoms with E-state index in [1.54, 1.807) is 60.3 Å². The molecule has 3 fully saturated rings. The molecule has 4 aliphatic rings. The molecule has 2 aliphatic carbocycles. The van der Waals surface area contributed by atoms with Gasteiger partial charge in [-0.15, -0.1) is 11.3 Å². The van der Waals surface area contributed by atoms with Gasteiger partial charge >= 0.3 is 0 Å². The maximum atomic E-state index is 15.1. The van der Waals surface area contributed by atoms with Gasteiger partial charge in [-0.25, -0.2) is 4.90 Å². The van der Waals surface area contributed by atoms with Crippen LogP contribution in [0, 0.1) is 39.6 Å². The zero-order valence-electron chi connectivity index (χ0n) is 29.7. The van der Waals surface area contributed by atoms with Gasteiger partial charge in [0, 0.05) is 37.9 Å². The third-order valence-electron chi connectivity index (χ3n) is 12.1. The molecule has 9 rings (SSSR count). The molecule has 4 amide bonds. The van der Waals surface area contributed by atoms with E-state index in [0.717, 1.165) is 29.7 Å². The summed E-state index contributed by atoms with van der Waals surface area (Å²) in [5.41, 5.74) is 1.97. The lowest BCUT2D eigenvalue weighted by molar-refractivity contribution is -0.131. The Morgan fingerprint density at radius 1 is 0.963 bits per heavy atom. The van der Waals surface area contributed by atoms with E-state index in [9.17, 15) is 19.5 Å². The van der Waals surface area contributed by atoms with Crippen LogP contribution < -0.4 is 14.5 Å². The molecule has 5 aromatic rings. The number of allylic oxidation sites excluding steroid dienone is 2. The van der Waals surface area contributed by atoms with Crippen LogP contribution in [0.25, 0.3) is 20.7 Å². The molecular formula is C41H34ClIN4O6S. The molecule has 6 atom stereocenters. The van der Waals surface area contributed by atoms with Gasteiger partial charge in [0.05, 0.1) is 40.8 Å². The number of amides is 4. The first-order chi connectivity index (χ1) is 25.8. The number of hydrogen-bond donors (Lipinski definition) is 1. The molecule has 3 aromatic carbocycles. The van der Waals surface area contributed by atoms with E-state index in [2.05, 4.69) is 22.6 Å². The average Bonchev–Trinajstić information content (AvgIpc) is 3.82. The quantitative estimate of drug-likeness (QED) is 0.108. The van der Waals surface area contributed by atoms with Crippen molar-refractivity contribution in [2.24, 2.45) is 36.1 Å². The van der Waals surface area contributed by atoms with Crippen LogP contribution >= 0.6 is 45.5 Å². The van der Waals surface area contributed by atoms with Gasteiger partial charge in [-0.05, 0) is 127 Å². The Labute approximate surface area is 333 Å². The number of hydrogen-bond acceptors (Lipinski definition) is 8. The number of halogens is 2. The van der Waals surface area contributed by atoms with E-state index in [1.165, 1.54) is 23.0 Å². The summed E-state index contributed by atoms with van der Waals surface area (Å²) in [6.45, 7) is 3.80. The standard InChI is InChI=1S/C41H34ClIN4O6S/c1-19-26-15-20(42)5-14-32(26)54-36(19)30-18-33(45(3)44-30)47-38(50)29-17-27-24(35(41(29,2)40(47)52)28-16-23(53-4)10-13-31(28)48)11-12-25-34(27)39(51)46(37(25)49)22-8-6-21(43)7-9-22/h5-11,13-16,18,25,27,29,34-35,48H,12,17H2,1-4H3. The van der Waals surface area contributed by atoms with Gasteiger partial charge < -0.3 is 9.84 Å². The van der Waals surface area contributed by atoms with Gasteiger partial charge in [0.15, 0.2) is 0 Å². The van der Waals surface area contributed by atoms with Crippen LogP contribution in [0.2, 0.25) is 5.02 Å². The second kappa shape index (κ2) is 12.5. The highest BCUT2D eigenvalue weighted by Crippen LogP contribution is 2.64. The van der Waals surface area contributed by atoms with E-state index in [4.69, 9.17) is 21.4 Å². The van der Waals surface area contributed by atoms with Gasteiger partial charge in [0.2, 0.25) is 23.6 Å².